The maximum Gasteiger partial charge on any atom is 0.280 e. The Morgan fingerprint density at radius 3 is 2.62 bits per heavy atom. The molecule has 2 aromatic rings. The van der Waals surface area contributed by atoms with Crippen LogP contribution in [0.4, 0.5) is 0 Å². The lowest BCUT2D eigenvalue weighted by molar-refractivity contribution is -0.127. The summed E-state index contributed by atoms with van der Waals surface area (Å²) >= 11 is 5.91. The fourth-order valence-corrected chi connectivity index (χ4v) is 2.39. The predicted octanol–water partition coefficient (Wildman–Crippen LogP) is 4.15. The van der Waals surface area contributed by atoms with E-state index in [4.69, 9.17) is 16.3 Å². The van der Waals surface area contributed by atoms with Gasteiger partial charge in [0.1, 0.15) is 5.75 Å². The van der Waals surface area contributed by atoms with E-state index in [0.717, 1.165) is 16.8 Å². The van der Waals surface area contributed by atoms with E-state index in [1.165, 1.54) is 0 Å². The van der Waals surface area contributed by atoms with Crippen molar-refractivity contribution in [2.75, 3.05) is 0 Å². The van der Waals surface area contributed by atoms with Gasteiger partial charge in [-0.3, -0.25) is 4.79 Å². The molecule has 1 atom stereocenters. The molecule has 0 aromatic heterocycles. The number of aryl methyl sites for hydroxylation is 1. The molecule has 0 saturated heterocycles. The summed E-state index contributed by atoms with van der Waals surface area (Å²) in [5, 5.41) is 4.77. The van der Waals surface area contributed by atoms with Gasteiger partial charge in [0.05, 0.1) is 0 Å². The largest absolute Gasteiger partial charge is 0.481 e. The third-order valence-electron chi connectivity index (χ3n) is 3.47. The third-order valence-corrected chi connectivity index (χ3v) is 3.70. The second-order valence-electron chi connectivity index (χ2n) is 5.66. The van der Waals surface area contributed by atoms with Crippen LogP contribution in [0.3, 0.4) is 0 Å². The minimum absolute atomic E-state index is 0.295. The molecule has 0 bridgehead atoms. The molecule has 0 aliphatic carbocycles. The Balaban J connectivity index is 1.90. The second-order valence-corrected chi connectivity index (χ2v) is 6.09. The minimum atomic E-state index is -0.654. The molecule has 5 heteroatoms. The lowest BCUT2D eigenvalue weighted by atomic mass is 10.1. The molecule has 1 N–H and O–H groups in total. The maximum absolute atomic E-state index is 12.1. The summed E-state index contributed by atoms with van der Waals surface area (Å²) in [5.41, 5.74) is 5.40. The van der Waals surface area contributed by atoms with E-state index in [9.17, 15) is 4.79 Å². The number of hydrogen-bond donors (Lipinski definition) is 1. The van der Waals surface area contributed by atoms with Crippen LogP contribution >= 0.6 is 11.6 Å². The highest BCUT2D eigenvalue weighted by atomic mass is 35.5. The highest BCUT2D eigenvalue weighted by Crippen LogP contribution is 2.22. The zero-order valence-electron chi connectivity index (χ0n) is 14.0. The van der Waals surface area contributed by atoms with E-state index in [1.54, 1.807) is 25.1 Å². The Kier molecular flexibility index (Phi) is 6.38. The third kappa shape index (κ3) is 5.39. The topological polar surface area (TPSA) is 50.7 Å². The van der Waals surface area contributed by atoms with E-state index >= 15 is 0 Å². The number of benzene rings is 2. The van der Waals surface area contributed by atoms with Gasteiger partial charge < -0.3 is 4.74 Å². The minimum Gasteiger partial charge on any atom is -0.481 e. The van der Waals surface area contributed by atoms with Gasteiger partial charge in [-0.15, -0.1) is 0 Å². The Hall–Kier alpha value is -2.33. The van der Waals surface area contributed by atoms with Crippen LogP contribution < -0.4 is 10.2 Å². The van der Waals surface area contributed by atoms with E-state index in [0.29, 0.717) is 17.2 Å². The SMILES string of the molecule is C/C(Cc1ccccc1)=N/NC(=O)[C@@H](C)Oc1ccc(Cl)cc1C. The first-order valence-corrected chi connectivity index (χ1v) is 8.13. The molecule has 4 nitrogen and oxygen atoms in total. The predicted molar refractivity (Wildman–Crippen MR) is 97.7 cm³/mol. The number of ether oxygens (including phenoxy) is 1. The molecule has 1 amide bonds. The molecule has 2 aromatic carbocycles. The van der Waals surface area contributed by atoms with Crippen LogP contribution in [-0.4, -0.2) is 17.7 Å². The summed E-state index contributed by atoms with van der Waals surface area (Å²) in [6.45, 7) is 5.45. The van der Waals surface area contributed by atoms with Crippen molar-refractivity contribution in [3.63, 3.8) is 0 Å². The molecule has 0 spiro atoms. The number of amides is 1. The van der Waals surface area contributed by atoms with Crippen molar-refractivity contribution in [2.24, 2.45) is 5.10 Å². The summed E-state index contributed by atoms with van der Waals surface area (Å²) in [4.78, 5) is 12.1. The van der Waals surface area contributed by atoms with E-state index < -0.39 is 6.10 Å². The van der Waals surface area contributed by atoms with Crippen molar-refractivity contribution < 1.29 is 9.53 Å². The normalized spacial score (nSPS) is 12.6. The quantitative estimate of drug-likeness (QED) is 0.632. The summed E-state index contributed by atoms with van der Waals surface area (Å²) in [6, 6.07) is 15.3. The van der Waals surface area contributed by atoms with Gasteiger partial charge in [-0.2, -0.15) is 5.10 Å². The summed E-state index contributed by atoms with van der Waals surface area (Å²) in [7, 11) is 0. The number of rotatable bonds is 6. The van der Waals surface area contributed by atoms with Crippen LogP contribution in [0.5, 0.6) is 5.75 Å². The van der Waals surface area contributed by atoms with E-state index in [2.05, 4.69) is 10.5 Å². The lowest BCUT2D eigenvalue weighted by Crippen LogP contribution is -2.34. The molecular weight excluding hydrogens is 324 g/mol. The molecule has 0 fully saturated rings. The number of carbonyl (C=O) groups excluding carboxylic acids is 1. The van der Waals surface area contributed by atoms with Gasteiger partial charge in [-0.25, -0.2) is 5.43 Å². The van der Waals surface area contributed by atoms with Crippen molar-refractivity contribution in [1.82, 2.24) is 5.43 Å². The average Bonchev–Trinajstić information content (AvgIpc) is 2.56. The zero-order valence-corrected chi connectivity index (χ0v) is 14.8. The van der Waals surface area contributed by atoms with Crippen LogP contribution in [0.15, 0.2) is 53.6 Å². The van der Waals surface area contributed by atoms with Gasteiger partial charge in [-0.05, 0) is 50.1 Å². The van der Waals surface area contributed by atoms with Crippen molar-refractivity contribution in [2.45, 2.75) is 33.3 Å². The van der Waals surface area contributed by atoms with Crippen molar-refractivity contribution >= 4 is 23.2 Å². The molecule has 0 heterocycles. The fraction of sp³-hybridized carbons (Fsp3) is 0.263. The Labute approximate surface area is 147 Å². The molecule has 126 valence electrons. The zero-order chi connectivity index (χ0) is 17.5. The standard InChI is InChI=1S/C19H21ClN2O2/c1-13-11-17(20)9-10-18(13)24-15(3)19(23)22-21-14(2)12-16-7-5-4-6-8-16/h4-11,15H,12H2,1-3H3,(H,22,23)/b21-14-/t15-/m1/s1. The molecule has 24 heavy (non-hydrogen) atoms. The van der Waals surface area contributed by atoms with E-state index in [1.807, 2.05) is 44.2 Å². The smallest absolute Gasteiger partial charge is 0.280 e. The molecule has 0 aliphatic heterocycles. The van der Waals surface area contributed by atoms with Gasteiger partial charge in [0, 0.05) is 17.2 Å². The van der Waals surface area contributed by atoms with Crippen molar-refractivity contribution in [3.05, 3.63) is 64.7 Å². The van der Waals surface area contributed by atoms with Gasteiger partial charge in [-0.1, -0.05) is 41.9 Å². The first-order chi connectivity index (χ1) is 11.5. The molecule has 0 radical (unpaired) electrons. The Morgan fingerprint density at radius 1 is 1.25 bits per heavy atom. The van der Waals surface area contributed by atoms with Crippen LogP contribution in [0.25, 0.3) is 0 Å². The van der Waals surface area contributed by atoms with Crippen LogP contribution in [0.2, 0.25) is 5.02 Å². The average molecular weight is 345 g/mol. The van der Waals surface area contributed by atoms with Crippen molar-refractivity contribution in [3.8, 4) is 5.75 Å². The molecule has 0 aliphatic rings. The van der Waals surface area contributed by atoms with Gasteiger partial charge >= 0.3 is 0 Å². The highest BCUT2D eigenvalue weighted by Gasteiger charge is 2.15. The number of carbonyl (C=O) groups is 1. The molecule has 2 rings (SSSR count). The Morgan fingerprint density at radius 2 is 1.96 bits per heavy atom. The van der Waals surface area contributed by atoms with Gasteiger partial charge in [0.25, 0.3) is 5.91 Å². The first-order valence-electron chi connectivity index (χ1n) is 7.75. The molecule has 0 unspecified atom stereocenters. The van der Waals surface area contributed by atoms with Crippen LogP contribution in [0, 0.1) is 6.92 Å². The van der Waals surface area contributed by atoms with Crippen molar-refractivity contribution in [1.29, 1.82) is 0 Å². The van der Waals surface area contributed by atoms with Crippen LogP contribution in [0.1, 0.15) is 25.0 Å². The summed E-state index contributed by atoms with van der Waals surface area (Å²) in [5.74, 6) is 0.337. The number of hydrazone groups is 1. The van der Waals surface area contributed by atoms with Gasteiger partial charge in [0.2, 0.25) is 0 Å². The van der Waals surface area contributed by atoms with Gasteiger partial charge in [0.15, 0.2) is 6.10 Å². The first kappa shape index (κ1) is 18.0. The summed E-state index contributed by atoms with van der Waals surface area (Å²) in [6.07, 6.45) is 0.0327. The lowest BCUT2D eigenvalue weighted by Gasteiger charge is -2.15. The molecule has 0 saturated carbocycles. The van der Waals surface area contributed by atoms with E-state index in [-0.39, 0.29) is 5.91 Å². The highest BCUT2D eigenvalue weighted by molar-refractivity contribution is 6.30. The van der Waals surface area contributed by atoms with Crippen LogP contribution in [-0.2, 0) is 11.2 Å². The monoisotopic (exact) mass is 344 g/mol. The number of nitrogens with zero attached hydrogens (tertiary/aromatic N) is 1. The fourth-order valence-electron chi connectivity index (χ4n) is 2.16. The maximum atomic E-state index is 12.1. The second kappa shape index (κ2) is 8.50. The summed E-state index contributed by atoms with van der Waals surface area (Å²) < 4.78 is 5.67. The Bertz CT molecular complexity index is 729. The molecular formula is C19H21ClN2O2. The number of halogens is 1. The number of nitrogens with one attached hydrogen (secondary N) is 1. The number of hydrogen-bond acceptors (Lipinski definition) is 3.